The zero-order chi connectivity index (χ0) is 20.4. The highest BCUT2D eigenvalue weighted by atomic mass is 35.5. The average Bonchev–Trinajstić information content (AvgIpc) is 2.68. The predicted molar refractivity (Wildman–Crippen MR) is 96.6 cm³/mol. The van der Waals surface area contributed by atoms with E-state index in [0.29, 0.717) is 11.4 Å². The Labute approximate surface area is 164 Å². The molecule has 0 bridgehead atoms. The molecule has 1 aromatic carbocycles. The number of nitrogens with zero attached hydrogens (tertiary/aromatic N) is 4. The molecule has 2 aromatic rings. The normalized spacial score (nSPS) is 15.0. The van der Waals surface area contributed by atoms with Crippen molar-refractivity contribution in [2.75, 3.05) is 19.4 Å². The molecule has 11 heteroatoms. The fourth-order valence-corrected chi connectivity index (χ4v) is 2.58. The second-order valence-electron chi connectivity index (χ2n) is 5.78. The lowest BCUT2D eigenvalue weighted by molar-refractivity contribution is -0.151. The van der Waals surface area contributed by atoms with Crippen LogP contribution >= 0.6 is 11.6 Å². The first-order valence-corrected chi connectivity index (χ1v) is 8.31. The Balaban J connectivity index is 1.71. The minimum Gasteiger partial charge on any atom is -0.436 e. The molecule has 0 spiro atoms. The molecule has 0 unspecified atom stereocenters. The van der Waals surface area contributed by atoms with Gasteiger partial charge in [0.2, 0.25) is 5.91 Å². The van der Waals surface area contributed by atoms with Crippen molar-refractivity contribution >= 4 is 41.0 Å². The zero-order valence-corrected chi connectivity index (χ0v) is 15.5. The fourth-order valence-electron chi connectivity index (χ4n) is 2.44. The van der Waals surface area contributed by atoms with Gasteiger partial charge in [-0.2, -0.15) is 0 Å². The number of hydrogen-bond acceptors (Lipinski definition) is 7. The number of aromatic nitrogens is 2. The minimum atomic E-state index is -1.64. The quantitative estimate of drug-likeness (QED) is 0.768. The third-order valence-corrected chi connectivity index (χ3v) is 4.21. The zero-order valence-electron chi connectivity index (χ0n) is 14.7. The number of urea groups is 1. The molecule has 2 heterocycles. The number of nitrogens with one attached hydrogen (secondary N) is 1. The highest BCUT2D eigenvalue weighted by Gasteiger charge is 2.46. The maximum absolute atomic E-state index is 12.4. The van der Waals surface area contributed by atoms with E-state index < -0.39 is 29.7 Å². The minimum absolute atomic E-state index is 0.0944. The van der Waals surface area contributed by atoms with Gasteiger partial charge in [-0.05, 0) is 24.3 Å². The second kappa shape index (κ2) is 7.61. The summed E-state index contributed by atoms with van der Waals surface area (Å²) in [6, 6.07) is 5.30. The largest absolute Gasteiger partial charge is 0.436 e. The van der Waals surface area contributed by atoms with Crippen LogP contribution in [0.3, 0.4) is 0 Å². The standard InChI is InChI=1S/C17H14ClN5O5/c1-22-15(25)11(16(26)23(2)17(22)27)13(24)21-9-3-5-10(6-4-9)28-14-12(18)19-7-8-20-14/h3-8,11H,1-2H3,(H,21,24). The summed E-state index contributed by atoms with van der Waals surface area (Å²) < 4.78 is 5.48. The Morgan fingerprint density at radius 3 is 2.18 bits per heavy atom. The highest BCUT2D eigenvalue weighted by molar-refractivity contribution is 6.30. The van der Waals surface area contributed by atoms with Gasteiger partial charge in [-0.1, -0.05) is 11.6 Å². The van der Waals surface area contributed by atoms with Crippen LogP contribution in [-0.2, 0) is 14.4 Å². The number of benzene rings is 1. The number of carbonyl (C=O) groups is 4. The molecule has 5 amide bonds. The summed E-state index contributed by atoms with van der Waals surface area (Å²) in [4.78, 5) is 57.7. The summed E-state index contributed by atoms with van der Waals surface area (Å²) in [7, 11) is 2.41. The molecule has 0 atom stereocenters. The summed E-state index contributed by atoms with van der Waals surface area (Å²) in [6.45, 7) is 0. The lowest BCUT2D eigenvalue weighted by Crippen LogP contribution is -2.59. The predicted octanol–water partition coefficient (Wildman–Crippen LogP) is 1.53. The molecule has 0 aliphatic carbocycles. The molecule has 144 valence electrons. The van der Waals surface area contributed by atoms with Gasteiger partial charge in [0.25, 0.3) is 17.7 Å². The third kappa shape index (κ3) is 3.62. The molecule has 1 aliphatic rings. The van der Waals surface area contributed by atoms with Crippen LogP contribution in [0, 0.1) is 5.92 Å². The summed E-state index contributed by atoms with van der Waals surface area (Å²) in [5.41, 5.74) is 0.324. The van der Waals surface area contributed by atoms with Gasteiger partial charge < -0.3 is 10.1 Å². The van der Waals surface area contributed by atoms with Gasteiger partial charge in [0.15, 0.2) is 11.1 Å². The number of barbiturate groups is 1. The number of rotatable bonds is 4. The molecule has 28 heavy (non-hydrogen) atoms. The van der Waals surface area contributed by atoms with Crippen LogP contribution in [0.5, 0.6) is 11.6 Å². The maximum Gasteiger partial charge on any atom is 0.332 e. The van der Waals surface area contributed by atoms with Crippen molar-refractivity contribution in [2.45, 2.75) is 0 Å². The Hall–Kier alpha value is -3.53. The van der Waals surface area contributed by atoms with Crippen molar-refractivity contribution in [3.63, 3.8) is 0 Å². The van der Waals surface area contributed by atoms with E-state index >= 15 is 0 Å². The van der Waals surface area contributed by atoms with Gasteiger partial charge in [-0.15, -0.1) is 0 Å². The number of hydrogen-bond donors (Lipinski definition) is 1. The average molecular weight is 404 g/mol. The lowest BCUT2D eigenvalue weighted by atomic mass is 10.0. The van der Waals surface area contributed by atoms with Crippen molar-refractivity contribution in [1.82, 2.24) is 19.8 Å². The van der Waals surface area contributed by atoms with E-state index in [0.717, 1.165) is 9.80 Å². The number of carbonyl (C=O) groups excluding carboxylic acids is 4. The van der Waals surface area contributed by atoms with Crippen molar-refractivity contribution in [1.29, 1.82) is 0 Å². The maximum atomic E-state index is 12.4. The number of amides is 5. The molecule has 0 radical (unpaired) electrons. The van der Waals surface area contributed by atoms with Crippen molar-refractivity contribution in [2.24, 2.45) is 5.92 Å². The molecule has 1 aliphatic heterocycles. The van der Waals surface area contributed by atoms with E-state index in [1.54, 1.807) is 0 Å². The van der Waals surface area contributed by atoms with Crippen molar-refractivity contribution < 1.29 is 23.9 Å². The molecule has 1 aromatic heterocycles. The fraction of sp³-hybridized carbons (Fsp3) is 0.176. The van der Waals surface area contributed by atoms with Gasteiger partial charge in [-0.25, -0.2) is 14.8 Å². The Morgan fingerprint density at radius 1 is 1.04 bits per heavy atom. The van der Waals surface area contributed by atoms with Crippen LogP contribution in [0.25, 0.3) is 0 Å². The third-order valence-electron chi connectivity index (χ3n) is 3.95. The Bertz CT molecular complexity index is 941. The molecule has 3 rings (SSSR count). The van der Waals surface area contributed by atoms with E-state index in [1.807, 2.05) is 0 Å². The molecule has 1 N–H and O–H groups in total. The summed E-state index contributed by atoms with van der Waals surface area (Å²) in [5.74, 6) is -3.75. The number of halogens is 1. The molecule has 1 saturated heterocycles. The lowest BCUT2D eigenvalue weighted by Gasteiger charge is -2.32. The van der Waals surface area contributed by atoms with Crippen LogP contribution in [0.15, 0.2) is 36.7 Å². The topological polar surface area (TPSA) is 122 Å². The van der Waals surface area contributed by atoms with E-state index in [9.17, 15) is 19.2 Å². The van der Waals surface area contributed by atoms with E-state index in [4.69, 9.17) is 16.3 Å². The van der Waals surface area contributed by atoms with E-state index in [2.05, 4.69) is 15.3 Å². The SMILES string of the molecule is CN1C(=O)C(C(=O)Nc2ccc(Oc3nccnc3Cl)cc2)C(=O)N(C)C1=O. The van der Waals surface area contributed by atoms with E-state index in [1.165, 1.54) is 50.8 Å². The van der Waals surface area contributed by atoms with Gasteiger partial charge in [0.05, 0.1) is 0 Å². The molecule has 1 fully saturated rings. The first-order chi connectivity index (χ1) is 13.3. The van der Waals surface area contributed by atoms with Crippen LogP contribution < -0.4 is 10.1 Å². The van der Waals surface area contributed by atoms with Crippen molar-refractivity contribution in [3.8, 4) is 11.6 Å². The number of anilines is 1. The molecule has 0 saturated carbocycles. The van der Waals surface area contributed by atoms with Crippen molar-refractivity contribution in [3.05, 3.63) is 41.8 Å². The van der Waals surface area contributed by atoms with Gasteiger partial charge in [0, 0.05) is 32.2 Å². The second-order valence-corrected chi connectivity index (χ2v) is 6.14. The van der Waals surface area contributed by atoms with Gasteiger partial charge in [-0.3, -0.25) is 24.2 Å². The number of imide groups is 2. The Kier molecular flexibility index (Phi) is 5.23. The molecular weight excluding hydrogens is 390 g/mol. The first-order valence-electron chi connectivity index (χ1n) is 7.94. The monoisotopic (exact) mass is 403 g/mol. The first kappa shape index (κ1) is 19.2. The molecular formula is C17H14ClN5O5. The smallest absolute Gasteiger partial charge is 0.332 e. The summed E-state index contributed by atoms with van der Waals surface area (Å²) in [6.07, 6.45) is 2.84. The summed E-state index contributed by atoms with van der Waals surface area (Å²) >= 11 is 5.87. The van der Waals surface area contributed by atoms with Crippen LogP contribution in [0.2, 0.25) is 5.15 Å². The number of ether oxygens (including phenoxy) is 1. The van der Waals surface area contributed by atoms with Crippen LogP contribution in [0.1, 0.15) is 0 Å². The van der Waals surface area contributed by atoms with E-state index in [-0.39, 0.29) is 11.0 Å². The highest BCUT2D eigenvalue weighted by Crippen LogP contribution is 2.26. The Morgan fingerprint density at radius 2 is 1.61 bits per heavy atom. The van der Waals surface area contributed by atoms with Gasteiger partial charge in [0.1, 0.15) is 5.75 Å². The van der Waals surface area contributed by atoms with Crippen LogP contribution in [-0.4, -0.2) is 57.6 Å². The van der Waals surface area contributed by atoms with Crippen LogP contribution in [0.4, 0.5) is 10.5 Å². The summed E-state index contributed by atoms with van der Waals surface area (Å²) in [5, 5.41) is 2.57. The molecule has 10 nitrogen and oxygen atoms in total. The van der Waals surface area contributed by atoms with Gasteiger partial charge >= 0.3 is 6.03 Å².